The standard InChI is InChI=1S/C17H17N3O4/c1-10-8-12(20(23)24)6-7-14(10)18-17(22)19-16-13-5-3-2-4-11(13)9-15(16)21/h2-8,15-16,21H,9H2,1H3,(H2,18,19,22). The van der Waals surface area contributed by atoms with Crippen LogP contribution in [0.5, 0.6) is 0 Å². The normalized spacial score (nSPS) is 18.8. The van der Waals surface area contributed by atoms with Crippen LogP contribution in [0.15, 0.2) is 42.5 Å². The predicted molar refractivity (Wildman–Crippen MR) is 88.9 cm³/mol. The molecule has 0 aliphatic heterocycles. The van der Waals surface area contributed by atoms with Crippen LogP contribution in [0.1, 0.15) is 22.7 Å². The molecule has 0 bridgehead atoms. The Morgan fingerprint density at radius 3 is 2.75 bits per heavy atom. The van der Waals surface area contributed by atoms with Gasteiger partial charge in [-0.1, -0.05) is 24.3 Å². The van der Waals surface area contributed by atoms with E-state index < -0.39 is 23.1 Å². The highest BCUT2D eigenvalue weighted by atomic mass is 16.6. The molecule has 0 aromatic heterocycles. The van der Waals surface area contributed by atoms with E-state index in [9.17, 15) is 20.0 Å². The van der Waals surface area contributed by atoms with Crippen LogP contribution in [-0.2, 0) is 6.42 Å². The summed E-state index contributed by atoms with van der Waals surface area (Å²) < 4.78 is 0. The number of carbonyl (C=O) groups excluding carboxylic acids is 1. The summed E-state index contributed by atoms with van der Waals surface area (Å²) >= 11 is 0. The van der Waals surface area contributed by atoms with Crippen LogP contribution in [-0.4, -0.2) is 22.2 Å². The minimum atomic E-state index is -0.675. The van der Waals surface area contributed by atoms with Gasteiger partial charge in [-0.3, -0.25) is 10.1 Å². The smallest absolute Gasteiger partial charge is 0.319 e. The summed E-state index contributed by atoms with van der Waals surface area (Å²) in [5.74, 6) is 0. The quantitative estimate of drug-likeness (QED) is 0.595. The number of nitrogens with one attached hydrogen (secondary N) is 2. The summed E-state index contributed by atoms with van der Waals surface area (Å²) in [7, 11) is 0. The molecule has 1 aliphatic rings. The van der Waals surface area contributed by atoms with Gasteiger partial charge in [-0.15, -0.1) is 0 Å². The molecular formula is C17H17N3O4. The molecule has 3 N–H and O–H groups in total. The van der Waals surface area contributed by atoms with Gasteiger partial charge in [0.15, 0.2) is 0 Å². The number of hydrogen-bond donors (Lipinski definition) is 3. The van der Waals surface area contributed by atoms with Crippen molar-refractivity contribution >= 4 is 17.4 Å². The Morgan fingerprint density at radius 2 is 2.04 bits per heavy atom. The van der Waals surface area contributed by atoms with E-state index in [0.29, 0.717) is 17.7 Å². The largest absolute Gasteiger partial charge is 0.390 e. The number of benzene rings is 2. The Kier molecular flexibility index (Phi) is 4.18. The molecule has 2 aromatic rings. The lowest BCUT2D eigenvalue weighted by molar-refractivity contribution is -0.384. The number of hydrogen-bond acceptors (Lipinski definition) is 4. The third kappa shape index (κ3) is 3.07. The lowest BCUT2D eigenvalue weighted by Gasteiger charge is -2.19. The molecule has 0 spiro atoms. The predicted octanol–water partition coefficient (Wildman–Crippen LogP) is 2.68. The minimum Gasteiger partial charge on any atom is -0.390 e. The number of aryl methyl sites for hydroxylation is 1. The monoisotopic (exact) mass is 327 g/mol. The van der Waals surface area contributed by atoms with Gasteiger partial charge in [-0.05, 0) is 29.7 Å². The van der Waals surface area contributed by atoms with Gasteiger partial charge in [-0.2, -0.15) is 0 Å². The summed E-state index contributed by atoms with van der Waals surface area (Å²) in [6.07, 6.45) is -0.177. The van der Waals surface area contributed by atoms with E-state index in [1.807, 2.05) is 24.3 Å². The molecule has 124 valence electrons. The molecule has 1 aliphatic carbocycles. The van der Waals surface area contributed by atoms with Crippen LogP contribution < -0.4 is 10.6 Å². The average molecular weight is 327 g/mol. The van der Waals surface area contributed by atoms with E-state index in [0.717, 1.165) is 11.1 Å². The van der Waals surface area contributed by atoms with E-state index >= 15 is 0 Å². The topological polar surface area (TPSA) is 105 Å². The number of nitro groups is 1. The Balaban J connectivity index is 1.71. The maximum Gasteiger partial charge on any atom is 0.319 e. The molecule has 24 heavy (non-hydrogen) atoms. The number of fused-ring (bicyclic) bond motifs is 1. The van der Waals surface area contributed by atoms with Gasteiger partial charge in [0.25, 0.3) is 5.69 Å². The maximum atomic E-state index is 12.2. The summed E-state index contributed by atoms with van der Waals surface area (Å²) in [4.78, 5) is 22.5. The maximum absolute atomic E-state index is 12.2. The zero-order valence-electron chi connectivity index (χ0n) is 13.0. The molecule has 7 heteroatoms. The van der Waals surface area contributed by atoms with Crippen LogP contribution in [0.25, 0.3) is 0 Å². The summed E-state index contributed by atoms with van der Waals surface area (Å²) in [6, 6.07) is 10.9. The molecule has 0 heterocycles. The molecule has 0 saturated carbocycles. The Labute approximate surface area is 138 Å². The number of rotatable bonds is 3. The van der Waals surface area contributed by atoms with Crippen molar-refractivity contribution in [2.24, 2.45) is 0 Å². The lowest BCUT2D eigenvalue weighted by atomic mass is 10.1. The van der Waals surface area contributed by atoms with Gasteiger partial charge >= 0.3 is 6.03 Å². The fourth-order valence-electron chi connectivity index (χ4n) is 2.95. The number of urea groups is 1. The fourth-order valence-corrected chi connectivity index (χ4v) is 2.95. The number of non-ortho nitro benzene ring substituents is 1. The molecule has 0 saturated heterocycles. The van der Waals surface area contributed by atoms with Gasteiger partial charge in [-0.25, -0.2) is 4.79 Å². The fraction of sp³-hybridized carbons (Fsp3) is 0.235. The highest BCUT2D eigenvalue weighted by molar-refractivity contribution is 5.90. The number of nitrogens with zero attached hydrogens (tertiary/aromatic N) is 1. The van der Waals surface area contributed by atoms with E-state index in [1.165, 1.54) is 18.2 Å². The Bertz CT molecular complexity index is 806. The molecule has 0 radical (unpaired) electrons. The number of aliphatic hydroxyl groups is 1. The number of anilines is 1. The molecule has 7 nitrogen and oxygen atoms in total. The number of aliphatic hydroxyl groups excluding tert-OH is 1. The van der Waals surface area contributed by atoms with Crippen molar-refractivity contribution in [2.45, 2.75) is 25.5 Å². The highest BCUT2D eigenvalue weighted by Gasteiger charge is 2.31. The third-order valence-electron chi connectivity index (χ3n) is 4.16. The molecular weight excluding hydrogens is 310 g/mol. The van der Waals surface area contributed by atoms with Crippen molar-refractivity contribution in [2.75, 3.05) is 5.32 Å². The van der Waals surface area contributed by atoms with Crippen molar-refractivity contribution in [3.8, 4) is 0 Å². The second-order valence-corrected chi connectivity index (χ2v) is 5.80. The van der Waals surface area contributed by atoms with Crippen molar-refractivity contribution in [3.05, 3.63) is 69.3 Å². The first-order valence-corrected chi connectivity index (χ1v) is 7.54. The highest BCUT2D eigenvalue weighted by Crippen LogP contribution is 2.31. The van der Waals surface area contributed by atoms with Crippen molar-refractivity contribution in [1.82, 2.24) is 5.32 Å². The van der Waals surface area contributed by atoms with Gasteiger partial charge in [0.1, 0.15) is 0 Å². The van der Waals surface area contributed by atoms with Crippen LogP contribution in [0.2, 0.25) is 0 Å². The lowest BCUT2D eigenvalue weighted by Crippen LogP contribution is -2.36. The zero-order chi connectivity index (χ0) is 17.3. The van der Waals surface area contributed by atoms with Crippen LogP contribution in [0.3, 0.4) is 0 Å². The van der Waals surface area contributed by atoms with Gasteiger partial charge in [0.2, 0.25) is 0 Å². The third-order valence-corrected chi connectivity index (χ3v) is 4.16. The average Bonchev–Trinajstić information content (AvgIpc) is 2.85. The van der Waals surface area contributed by atoms with Crippen molar-refractivity contribution in [1.29, 1.82) is 0 Å². The zero-order valence-corrected chi connectivity index (χ0v) is 13.0. The molecule has 0 fully saturated rings. The van der Waals surface area contributed by atoms with Crippen molar-refractivity contribution in [3.63, 3.8) is 0 Å². The molecule has 2 amide bonds. The minimum absolute atomic E-state index is 0.0291. The summed E-state index contributed by atoms with van der Waals surface area (Å²) in [6.45, 7) is 1.68. The van der Waals surface area contributed by atoms with Gasteiger partial charge < -0.3 is 15.7 Å². The van der Waals surface area contributed by atoms with Crippen LogP contribution in [0, 0.1) is 17.0 Å². The van der Waals surface area contributed by atoms with E-state index in [1.54, 1.807) is 6.92 Å². The summed E-state index contributed by atoms with van der Waals surface area (Å²) in [5, 5.41) is 26.3. The molecule has 2 aromatic carbocycles. The Hall–Kier alpha value is -2.93. The second kappa shape index (κ2) is 6.29. The van der Waals surface area contributed by atoms with Crippen LogP contribution in [0.4, 0.5) is 16.2 Å². The van der Waals surface area contributed by atoms with Crippen LogP contribution >= 0.6 is 0 Å². The van der Waals surface area contributed by atoms with E-state index in [4.69, 9.17) is 0 Å². The van der Waals surface area contributed by atoms with Gasteiger partial charge in [0, 0.05) is 24.2 Å². The Morgan fingerprint density at radius 1 is 1.29 bits per heavy atom. The first-order valence-electron chi connectivity index (χ1n) is 7.54. The molecule has 2 unspecified atom stereocenters. The van der Waals surface area contributed by atoms with Crippen molar-refractivity contribution < 1.29 is 14.8 Å². The molecule has 2 atom stereocenters. The first-order chi connectivity index (χ1) is 11.5. The SMILES string of the molecule is Cc1cc([N+](=O)[O-])ccc1NC(=O)NC1c2ccccc2CC1O. The number of nitro benzene ring substituents is 1. The number of carbonyl (C=O) groups is 1. The summed E-state index contributed by atoms with van der Waals surface area (Å²) in [5.41, 5.74) is 2.96. The first kappa shape index (κ1) is 15.9. The molecule has 3 rings (SSSR count). The number of amides is 2. The van der Waals surface area contributed by atoms with E-state index in [-0.39, 0.29) is 5.69 Å². The second-order valence-electron chi connectivity index (χ2n) is 5.80. The van der Waals surface area contributed by atoms with E-state index in [2.05, 4.69) is 10.6 Å². The van der Waals surface area contributed by atoms with Gasteiger partial charge in [0.05, 0.1) is 17.1 Å².